The number of hydrogen-bond donors (Lipinski definition) is 5. The molecule has 4 heterocycles. The van der Waals surface area contributed by atoms with Crippen LogP contribution < -0.4 is 20.7 Å². The molecule has 5 aromatic rings. The highest BCUT2D eigenvalue weighted by Crippen LogP contribution is 2.33. The summed E-state index contributed by atoms with van der Waals surface area (Å²) >= 11 is 0. The Morgan fingerprint density at radius 1 is 1.00 bits per heavy atom. The number of anilines is 2. The summed E-state index contributed by atoms with van der Waals surface area (Å²) in [6.07, 6.45) is 10.6. The molecule has 248 valence electrons. The minimum atomic E-state index is -1.42. The lowest BCUT2D eigenvalue weighted by molar-refractivity contribution is 0.373. The van der Waals surface area contributed by atoms with E-state index in [0.717, 1.165) is 81.0 Å². The van der Waals surface area contributed by atoms with Gasteiger partial charge in [0.25, 0.3) is 0 Å². The predicted octanol–water partition coefficient (Wildman–Crippen LogP) is 7.84. The van der Waals surface area contributed by atoms with Crippen LogP contribution in [0.15, 0.2) is 86.0 Å². The number of aromatic nitrogens is 4. The number of hydrogen-bond acceptors (Lipinski definition) is 7. The van der Waals surface area contributed by atoms with Crippen molar-refractivity contribution < 1.29 is 4.39 Å². The van der Waals surface area contributed by atoms with E-state index in [-0.39, 0.29) is 5.82 Å². The first-order chi connectivity index (χ1) is 23.0. The number of rotatable bonds is 12. The molecule has 0 aliphatic carbocycles. The molecular weight excluding hydrogens is 620 g/mol. The molecule has 2 aromatic carbocycles. The fourth-order valence-corrected chi connectivity index (χ4v) is 6.63. The van der Waals surface area contributed by atoms with E-state index in [1.165, 1.54) is 12.8 Å². The fraction of sp³-hybridized carbons (Fsp3) is 0.237. The van der Waals surface area contributed by atoms with E-state index in [0.29, 0.717) is 23.9 Å². The average Bonchev–Trinajstić information content (AvgIpc) is 3.48. The molecule has 0 saturated carbocycles. The van der Waals surface area contributed by atoms with Crippen molar-refractivity contribution in [2.75, 3.05) is 30.0 Å². The topological polar surface area (TPSA) is 103 Å². The van der Waals surface area contributed by atoms with Gasteiger partial charge in [0.05, 0.1) is 35.0 Å². The van der Waals surface area contributed by atoms with Gasteiger partial charge in [-0.2, -0.15) is 14.5 Å². The van der Waals surface area contributed by atoms with Crippen LogP contribution in [0.2, 0.25) is 0 Å². The second kappa shape index (κ2) is 14.1. The normalized spacial score (nSPS) is 13.8. The van der Waals surface area contributed by atoms with Gasteiger partial charge in [0.1, 0.15) is 11.5 Å². The van der Waals surface area contributed by atoms with Gasteiger partial charge >= 0.3 is 0 Å². The number of nitrogens with one attached hydrogen (secondary N) is 5. The first-order valence-electron chi connectivity index (χ1n) is 16.0. The molecule has 48 heavy (non-hydrogen) atoms. The third kappa shape index (κ3) is 8.02. The van der Waals surface area contributed by atoms with Crippen molar-refractivity contribution in [3.8, 4) is 22.4 Å². The number of H-pyrrole nitrogens is 1. The monoisotopic (exact) mass is 662 g/mol. The molecule has 0 spiro atoms. The number of halogens is 1. The van der Waals surface area contributed by atoms with Gasteiger partial charge in [-0.15, -0.1) is 0 Å². The average molecular weight is 663 g/mol. The Morgan fingerprint density at radius 3 is 2.60 bits per heavy atom. The lowest BCUT2D eigenvalue weighted by atomic mass is 9.93. The standard InChI is InChI=1S/C38H43FN8S/c1-24(14-27-10-12-40-13-11-27)44-32-18-30(21-41-22-32)36-19-34-37(23-42-36)46-47-38(34)26(3)45-35-9-7-8-33(25(35)2)29-15-28(16-31(39)17-29)20-43-48(4,5)6/h7-9,15-19,21-23,27,40,43-45H,1,3-5,10-14,20H2,2,6H3,(H,46,47). The van der Waals surface area contributed by atoms with Crippen molar-refractivity contribution in [2.24, 2.45) is 5.92 Å². The van der Waals surface area contributed by atoms with Gasteiger partial charge in [-0.05, 0) is 110 Å². The summed E-state index contributed by atoms with van der Waals surface area (Å²) in [5.41, 5.74) is 10.0. The zero-order valence-electron chi connectivity index (χ0n) is 27.6. The molecule has 1 saturated heterocycles. The van der Waals surface area contributed by atoms with Crippen LogP contribution in [0.25, 0.3) is 39.0 Å². The number of fused-ring (bicyclic) bond motifs is 1. The maximum atomic E-state index is 14.7. The Labute approximate surface area is 282 Å². The van der Waals surface area contributed by atoms with Crippen LogP contribution in [0, 0.1) is 18.7 Å². The van der Waals surface area contributed by atoms with Gasteiger partial charge in [-0.25, -0.2) is 4.39 Å². The van der Waals surface area contributed by atoms with Crippen molar-refractivity contribution in [1.29, 1.82) is 0 Å². The smallest absolute Gasteiger partial charge is 0.124 e. The first-order valence-corrected chi connectivity index (χ1v) is 18.4. The largest absolute Gasteiger partial charge is 0.358 e. The zero-order valence-corrected chi connectivity index (χ0v) is 28.4. The number of aromatic amines is 1. The van der Waals surface area contributed by atoms with Crippen molar-refractivity contribution in [3.05, 3.63) is 109 Å². The summed E-state index contributed by atoms with van der Waals surface area (Å²) < 4.78 is 18.0. The molecule has 0 unspecified atom stereocenters. The number of benzene rings is 2. The summed E-state index contributed by atoms with van der Waals surface area (Å²) in [5, 5.41) is 18.9. The van der Waals surface area contributed by atoms with Gasteiger partial charge in [-0.1, -0.05) is 37.0 Å². The predicted molar refractivity (Wildman–Crippen MR) is 204 cm³/mol. The Balaban J connectivity index is 1.21. The van der Waals surface area contributed by atoms with E-state index in [9.17, 15) is 4.39 Å². The van der Waals surface area contributed by atoms with E-state index < -0.39 is 9.39 Å². The van der Waals surface area contributed by atoms with Gasteiger partial charge < -0.3 is 16.0 Å². The van der Waals surface area contributed by atoms with E-state index in [4.69, 9.17) is 0 Å². The van der Waals surface area contributed by atoms with Gasteiger partial charge in [0.2, 0.25) is 0 Å². The number of nitrogens with zero attached hydrogens (tertiary/aromatic N) is 3. The second-order valence-electron chi connectivity index (χ2n) is 12.8. The molecule has 0 atom stereocenters. The number of allylic oxidation sites excluding steroid dienone is 1. The van der Waals surface area contributed by atoms with Crippen molar-refractivity contribution in [1.82, 2.24) is 30.2 Å². The third-order valence-electron chi connectivity index (χ3n) is 8.59. The van der Waals surface area contributed by atoms with E-state index in [1.807, 2.05) is 62.0 Å². The van der Waals surface area contributed by atoms with Crippen LogP contribution in [0.1, 0.15) is 36.1 Å². The number of piperidine rings is 1. The van der Waals surface area contributed by atoms with Crippen LogP contribution in [0.4, 0.5) is 15.8 Å². The van der Waals surface area contributed by atoms with Gasteiger partial charge in [0.15, 0.2) is 0 Å². The summed E-state index contributed by atoms with van der Waals surface area (Å²) in [6.45, 7) is 13.2. The maximum Gasteiger partial charge on any atom is 0.124 e. The van der Waals surface area contributed by atoms with Gasteiger partial charge in [-0.3, -0.25) is 19.8 Å². The Morgan fingerprint density at radius 2 is 1.81 bits per heavy atom. The molecule has 10 heteroatoms. The second-order valence-corrected chi connectivity index (χ2v) is 15.6. The highest BCUT2D eigenvalue weighted by molar-refractivity contribution is 8.25. The number of pyridine rings is 2. The Bertz CT molecular complexity index is 2090. The Hall–Kier alpha value is -4.77. The van der Waals surface area contributed by atoms with Crippen LogP contribution in [0.5, 0.6) is 0 Å². The molecule has 1 aliphatic heterocycles. The summed E-state index contributed by atoms with van der Waals surface area (Å²) in [5.74, 6) is 8.48. The quantitative estimate of drug-likeness (QED) is 0.0868. The SMILES string of the molecule is C=C(CC1CCNCC1)Nc1cncc(-c2cc3c(C(=C)Nc4cccc(-c5cc(F)cc(CNS(=C)(=C)C)c5)c4C)n[nH]c3cn2)c1. The van der Waals surface area contributed by atoms with Crippen molar-refractivity contribution in [3.63, 3.8) is 0 Å². The lowest BCUT2D eigenvalue weighted by Crippen LogP contribution is -2.28. The molecule has 1 fully saturated rings. The molecule has 1 aliphatic rings. The first kappa shape index (κ1) is 33.1. The van der Waals surface area contributed by atoms with Gasteiger partial charge in [0, 0.05) is 35.1 Å². The minimum Gasteiger partial charge on any atom is -0.358 e. The molecule has 0 amide bonds. The molecule has 0 radical (unpaired) electrons. The highest BCUT2D eigenvalue weighted by atomic mass is 32.2. The minimum absolute atomic E-state index is 0.289. The summed E-state index contributed by atoms with van der Waals surface area (Å²) in [7, 11) is -1.42. The summed E-state index contributed by atoms with van der Waals surface area (Å²) in [4.78, 5) is 9.17. The maximum absolute atomic E-state index is 14.7. The summed E-state index contributed by atoms with van der Waals surface area (Å²) in [6, 6.07) is 15.1. The molecule has 8 nitrogen and oxygen atoms in total. The van der Waals surface area contributed by atoms with Crippen LogP contribution in [-0.4, -0.2) is 51.3 Å². The molecular formula is C38H43FN8S. The molecule has 5 N–H and O–H groups in total. The zero-order chi connectivity index (χ0) is 33.8. The van der Waals surface area contributed by atoms with E-state index >= 15 is 0 Å². The lowest BCUT2D eigenvalue weighted by Gasteiger charge is -2.23. The van der Waals surface area contributed by atoms with E-state index in [2.05, 4.69) is 65.7 Å². The fourth-order valence-electron chi connectivity index (χ4n) is 6.11. The Kier molecular flexibility index (Phi) is 9.77. The van der Waals surface area contributed by atoms with Crippen LogP contribution in [-0.2, 0) is 6.54 Å². The highest BCUT2D eigenvalue weighted by Gasteiger charge is 2.16. The van der Waals surface area contributed by atoms with Crippen molar-refractivity contribution in [2.45, 2.75) is 32.7 Å². The van der Waals surface area contributed by atoms with E-state index in [1.54, 1.807) is 18.3 Å². The van der Waals surface area contributed by atoms with Crippen LogP contribution >= 0.6 is 9.39 Å². The molecule has 0 bridgehead atoms. The molecule has 6 rings (SSSR count). The van der Waals surface area contributed by atoms with Crippen molar-refractivity contribution >= 4 is 49.1 Å². The van der Waals surface area contributed by atoms with Crippen LogP contribution in [0.3, 0.4) is 0 Å². The third-order valence-corrected chi connectivity index (χ3v) is 9.44. The molecule has 3 aromatic heterocycles.